The molecule has 2 rings (SSSR count). The van der Waals surface area contributed by atoms with Gasteiger partial charge in [0.05, 0.1) is 6.20 Å². The van der Waals surface area contributed by atoms with E-state index < -0.39 is 0 Å². The molecule has 0 saturated carbocycles. The Morgan fingerprint density at radius 2 is 2.11 bits per heavy atom. The van der Waals surface area contributed by atoms with Crippen LogP contribution in [0.3, 0.4) is 0 Å². The van der Waals surface area contributed by atoms with Crippen LogP contribution in [0.25, 0.3) is 5.82 Å². The van der Waals surface area contributed by atoms with E-state index in [1.54, 1.807) is 12.4 Å². The summed E-state index contributed by atoms with van der Waals surface area (Å²) in [6, 6.07) is 0. The summed E-state index contributed by atoms with van der Waals surface area (Å²) in [5.74, 6) is 2.23. The van der Waals surface area contributed by atoms with Gasteiger partial charge < -0.3 is 5.32 Å². The van der Waals surface area contributed by atoms with Gasteiger partial charge in [-0.2, -0.15) is 4.98 Å². The second-order valence-electron chi connectivity index (χ2n) is 4.26. The fourth-order valence-corrected chi connectivity index (χ4v) is 1.97. The fourth-order valence-electron chi connectivity index (χ4n) is 1.78. The zero-order chi connectivity index (χ0) is 13.7. The normalized spacial score (nSPS) is 10.7. The van der Waals surface area contributed by atoms with E-state index in [0.29, 0.717) is 16.8 Å². The standard InChI is InChI=1S/C13H18ClN5/c1-3-5-11-15-7-8-19(11)12-10(14)9-17-13(18-12)16-6-4-2/h7-9H,3-6H2,1-2H3,(H,16,17,18). The van der Waals surface area contributed by atoms with E-state index in [4.69, 9.17) is 11.6 Å². The maximum Gasteiger partial charge on any atom is 0.224 e. The number of nitrogens with zero attached hydrogens (tertiary/aromatic N) is 4. The lowest BCUT2D eigenvalue weighted by Crippen LogP contribution is -2.09. The molecule has 0 atom stereocenters. The molecule has 0 aliphatic heterocycles. The summed E-state index contributed by atoms with van der Waals surface area (Å²) >= 11 is 6.19. The van der Waals surface area contributed by atoms with Gasteiger partial charge in [0.2, 0.25) is 5.95 Å². The molecule has 2 aromatic rings. The van der Waals surface area contributed by atoms with E-state index in [-0.39, 0.29) is 0 Å². The number of hydrogen-bond acceptors (Lipinski definition) is 4. The lowest BCUT2D eigenvalue weighted by Gasteiger charge is -2.10. The maximum atomic E-state index is 6.19. The van der Waals surface area contributed by atoms with Crippen molar-refractivity contribution in [2.45, 2.75) is 33.1 Å². The second-order valence-corrected chi connectivity index (χ2v) is 4.66. The van der Waals surface area contributed by atoms with Gasteiger partial charge in [0.1, 0.15) is 10.8 Å². The molecule has 0 aliphatic carbocycles. The number of halogens is 1. The van der Waals surface area contributed by atoms with Crippen molar-refractivity contribution < 1.29 is 0 Å². The lowest BCUT2D eigenvalue weighted by molar-refractivity contribution is 0.795. The van der Waals surface area contributed by atoms with Gasteiger partial charge in [0.25, 0.3) is 0 Å². The third-order valence-corrected chi connectivity index (χ3v) is 2.94. The predicted molar refractivity (Wildman–Crippen MR) is 76.9 cm³/mol. The Morgan fingerprint density at radius 1 is 1.26 bits per heavy atom. The molecule has 0 saturated heterocycles. The molecule has 0 aliphatic rings. The molecule has 6 heteroatoms. The van der Waals surface area contributed by atoms with Gasteiger partial charge in [0, 0.05) is 25.4 Å². The zero-order valence-corrected chi connectivity index (χ0v) is 12.0. The first-order valence-corrected chi connectivity index (χ1v) is 6.93. The van der Waals surface area contributed by atoms with Gasteiger partial charge in [-0.25, -0.2) is 9.97 Å². The highest BCUT2D eigenvalue weighted by Gasteiger charge is 2.11. The van der Waals surface area contributed by atoms with Crippen molar-refractivity contribution in [3.05, 3.63) is 29.4 Å². The van der Waals surface area contributed by atoms with Crippen LogP contribution in [-0.4, -0.2) is 26.1 Å². The van der Waals surface area contributed by atoms with Gasteiger partial charge >= 0.3 is 0 Å². The lowest BCUT2D eigenvalue weighted by atomic mass is 10.3. The Balaban J connectivity index is 2.34. The summed E-state index contributed by atoms with van der Waals surface area (Å²) in [6.07, 6.45) is 8.21. The van der Waals surface area contributed by atoms with E-state index in [9.17, 15) is 0 Å². The largest absolute Gasteiger partial charge is 0.354 e. The summed E-state index contributed by atoms with van der Waals surface area (Å²) < 4.78 is 1.92. The van der Waals surface area contributed by atoms with Crippen LogP contribution in [0.2, 0.25) is 5.02 Å². The zero-order valence-electron chi connectivity index (χ0n) is 11.2. The van der Waals surface area contributed by atoms with E-state index in [1.807, 2.05) is 10.8 Å². The first-order valence-electron chi connectivity index (χ1n) is 6.55. The smallest absolute Gasteiger partial charge is 0.224 e. The number of aromatic nitrogens is 4. The van der Waals surface area contributed by atoms with E-state index in [2.05, 4.69) is 34.1 Å². The number of hydrogen-bond donors (Lipinski definition) is 1. The van der Waals surface area contributed by atoms with Crippen LogP contribution in [0.15, 0.2) is 18.6 Å². The van der Waals surface area contributed by atoms with Crippen molar-refractivity contribution in [3.63, 3.8) is 0 Å². The minimum atomic E-state index is 0.525. The quantitative estimate of drug-likeness (QED) is 0.883. The Hall–Kier alpha value is -1.62. The molecule has 2 heterocycles. The molecule has 0 amide bonds. The molecule has 19 heavy (non-hydrogen) atoms. The van der Waals surface area contributed by atoms with Gasteiger partial charge in [-0.15, -0.1) is 0 Å². The summed E-state index contributed by atoms with van der Waals surface area (Å²) in [4.78, 5) is 13.0. The molecule has 5 nitrogen and oxygen atoms in total. The van der Waals surface area contributed by atoms with Crippen molar-refractivity contribution in [2.24, 2.45) is 0 Å². The molecule has 0 radical (unpaired) electrons. The highest BCUT2D eigenvalue weighted by molar-refractivity contribution is 6.32. The molecular weight excluding hydrogens is 262 g/mol. The molecular formula is C13H18ClN5. The van der Waals surface area contributed by atoms with Crippen molar-refractivity contribution in [1.29, 1.82) is 0 Å². The van der Waals surface area contributed by atoms with Gasteiger partial charge in [-0.05, 0) is 12.8 Å². The van der Waals surface area contributed by atoms with E-state index in [0.717, 1.165) is 31.6 Å². The topological polar surface area (TPSA) is 55.6 Å². The second kappa shape index (κ2) is 6.52. The molecule has 0 fully saturated rings. The SMILES string of the molecule is CCCNc1ncc(Cl)c(-n2ccnc2CCC)n1. The van der Waals surface area contributed by atoms with Crippen LogP contribution in [0, 0.1) is 0 Å². The van der Waals surface area contributed by atoms with Crippen LogP contribution in [0.4, 0.5) is 5.95 Å². The van der Waals surface area contributed by atoms with Crippen LogP contribution in [0.5, 0.6) is 0 Å². The third kappa shape index (κ3) is 3.23. The predicted octanol–water partition coefficient (Wildman–Crippen LogP) is 3.09. The minimum Gasteiger partial charge on any atom is -0.354 e. The highest BCUT2D eigenvalue weighted by atomic mass is 35.5. The molecule has 102 valence electrons. The molecule has 0 unspecified atom stereocenters. The molecule has 0 bridgehead atoms. The summed E-state index contributed by atoms with van der Waals surface area (Å²) in [6.45, 7) is 5.06. The summed E-state index contributed by atoms with van der Waals surface area (Å²) in [5.41, 5.74) is 0. The van der Waals surface area contributed by atoms with Gasteiger partial charge in [-0.1, -0.05) is 25.4 Å². The third-order valence-electron chi connectivity index (χ3n) is 2.68. The summed E-state index contributed by atoms with van der Waals surface area (Å²) in [5, 5.41) is 3.69. The average molecular weight is 280 g/mol. The molecule has 2 aromatic heterocycles. The van der Waals surface area contributed by atoms with E-state index in [1.165, 1.54) is 0 Å². The summed E-state index contributed by atoms with van der Waals surface area (Å²) in [7, 11) is 0. The highest BCUT2D eigenvalue weighted by Crippen LogP contribution is 2.20. The maximum absolute atomic E-state index is 6.19. The van der Waals surface area contributed by atoms with Crippen molar-refractivity contribution in [3.8, 4) is 5.82 Å². The fraction of sp³-hybridized carbons (Fsp3) is 0.462. The Labute approximate surface area is 118 Å². The van der Waals surface area contributed by atoms with Gasteiger partial charge in [0.15, 0.2) is 5.82 Å². The number of rotatable bonds is 6. The first kappa shape index (κ1) is 13.8. The number of imidazole rings is 1. The van der Waals surface area contributed by atoms with Crippen LogP contribution in [0.1, 0.15) is 32.5 Å². The van der Waals surface area contributed by atoms with Crippen LogP contribution in [-0.2, 0) is 6.42 Å². The number of aryl methyl sites for hydroxylation is 1. The van der Waals surface area contributed by atoms with Gasteiger partial charge in [-0.3, -0.25) is 4.57 Å². The minimum absolute atomic E-state index is 0.525. The molecule has 1 N–H and O–H groups in total. The Morgan fingerprint density at radius 3 is 2.84 bits per heavy atom. The Kier molecular flexibility index (Phi) is 4.74. The molecule has 0 spiro atoms. The monoisotopic (exact) mass is 279 g/mol. The van der Waals surface area contributed by atoms with Crippen molar-refractivity contribution in [2.75, 3.05) is 11.9 Å². The number of nitrogens with one attached hydrogen (secondary N) is 1. The molecule has 0 aromatic carbocycles. The van der Waals surface area contributed by atoms with Crippen molar-refractivity contribution >= 4 is 17.5 Å². The Bertz CT molecular complexity index is 538. The van der Waals surface area contributed by atoms with E-state index >= 15 is 0 Å². The first-order chi connectivity index (χ1) is 9.26. The van der Waals surface area contributed by atoms with Crippen molar-refractivity contribution in [1.82, 2.24) is 19.5 Å². The van der Waals surface area contributed by atoms with Crippen LogP contribution >= 0.6 is 11.6 Å². The average Bonchev–Trinajstić information content (AvgIpc) is 2.86. The number of anilines is 1. The van der Waals surface area contributed by atoms with Crippen LogP contribution < -0.4 is 5.32 Å².